The van der Waals surface area contributed by atoms with Crippen LogP contribution in [0.5, 0.6) is 11.5 Å². The van der Waals surface area contributed by atoms with Crippen LogP contribution in [-0.2, 0) is 6.42 Å². The van der Waals surface area contributed by atoms with Gasteiger partial charge in [-0.25, -0.2) is 4.39 Å². The predicted molar refractivity (Wildman–Crippen MR) is 129 cm³/mol. The predicted octanol–water partition coefficient (Wildman–Crippen LogP) is 6.06. The van der Waals surface area contributed by atoms with E-state index < -0.39 is 5.82 Å². The van der Waals surface area contributed by atoms with Crippen molar-refractivity contribution in [1.29, 1.82) is 0 Å². The average Bonchev–Trinajstić information content (AvgIpc) is 3.19. The van der Waals surface area contributed by atoms with Crippen molar-refractivity contribution in [2.45, 2.75) is 27.2 Å². The molecule has 170 valence electrons. The minimum atomic E-state index is -0.459. The summed E-state index contributed by atoms with van der Waals surface area (Å²) in [4.78, 5) is 4.44. The first-order valence-electron chi connectivity index (χ1n) is 10.3. The second-order valence-electron chi connectivity index (χ2n) is 6.86. The summed E-state index contributed by atoms with van der Waals surface area (Å²) in [5, 5.41) is 7.12. The molecule has 6 nitrogen and oxygen atoms in total. The molecular weight excluding hydrogens is 451 g/mol. The van der Waals surface area contributed by atoms with Crippen molar-refractivity contribution >= 4 is 40.0 Å². The molecule has 0 amide bonds. The monoisotopic (exact) mass is 476 g/mol. The zero-order chi connectivity index (χ0) is 22.9. The van der Waals surface area contributed by atoms with Crippen molar-refractivity contribution < 1.29 is 13.9 Å². The Morgan fingerprint density at radius 3 is 2.66 bits per heavy atom. The summed E-state index contributed by atoms with van der Waals surface area (Å²) in [6, 6.07) is 10.4. The van der Waals surface area contributed by atoms with E-state index in [9.17, 15) is 4.39 Å². The fourth-order valence-electron chi connectivity index (χ4n) is 2.94. The number of rotatable bonds is 11. The highest BCUT2D eigenvalue weighted by molar-refractivity contribution is 7.09. The minimum absolute atomic E-state index is 0.0561. The van der Waals surface area contributed by atoms with Crippen LogP contribution in [-0.4, -0.2) is 29.1 Å². The lowest BCUT2D eigenvalue weighted by atomic mass is 10.1. The smallest absolute Gasteiger partial charge is 0.207 e. The molecule has 32 heavy (non-hydrogen) atoms. The number of allylic oxidation sites excluding steroid dienone is 1. The van der Waals surface area contributed by atoms with Crippen LogP contribution in [0.25, 0.3) is 6.08 Å². The van der Waals surface area contributed by atoms with E-state index in [2.05, 4.69) is 26.1 Å². The van der Waals surface area contributed by atoms with Crippen LogP contribution in [0.2, 0.25) is 5.02 Å². The lowest BCUT2D eigenvalue weighted by Crippen LogP contribution is -2.15. The highest BCUT2D eigenvalue weighted by atomic mass is 35.5. The molecule has 0 aliphatic carbocycles. The Balaban J connectivity index is 1.54. The summed E-state index contributed by atoms with van der Waals surface area (Å²) in [5.74, 6) is 1.67. The maximum absolute atomic E-state index is 13.3. The second-order valence-corrected chi connectivity index (χ2v) is 8.02. The first kappa shape index (κ1) is 23.8. The lowest BCUT2D eigenvalue weighted by molar-refractivity contribution is 0.287. The normalized spacial score (nSPS) is 11.3. The second kappa shape index (κ2) is 11.7. The van der Waals surface area contributed by atoms with Gasteiger partial charge >= 0.3 is 0 Å². The fraction of sp³-hybridized carbons (Fsp3) is 0.304. The standard InChI is InChI=1S/C23H26ClFN4O2S/c1-4-30-20-9-6-16(13-21(20)31-5-2)10-11-26-15(3)12-22-28-23(32-29-22)27-17-7-8-19(25)18(24)14-17/h6-9,12-14,26H,4-5,10-11H2,1-3H3,(H,27,28,29). The first-order chi connectivity index (χ1) is 15.5. The molecular formula is C23H26ClFN4O2S. The maximum atomic E-state index is 13.3. The van der Waals surface area contributed by atoms with Crippen molar-refractivity contribution in [3.8, 4) is 11.5 Å². The van der Waals surface area contributed by atoms with Gasteiger partial charge in [-0.1, -0.05) is 17.7 Å². The van der Waals surface area contributed by atoms with E-state index in [4.69, 9.17) is 21.1 Å². The van der Waals surface area contributed by atoms with E-state index in [0.29, 0.717) is 29.9 Å². The third-order valence-electron chi connectivity index (χ3n) is 4.38. The molecule has 0 aliphatic heterocycles. The molecule has 3 rings (SSSR count). The van der Waals surface area contributed by atoms with Crippen molar-refractivity contribution in [1.82, 2.24) is 14.7 Å². The van der Waals surface area contributed by atoms with Gasteiger partial charge in [-0.2, -0.15) is 9.36 Å². The average molecular weight is 477 g/mol. The number of benzene rings is 2. The highest BCUT2D eigenvalue weighted by Crippen LogP contribution is 2.28. The molecule has 0 atom stereocenters. The van der Waals surface area contributed by atoms with Crippen LogP contribution in [0.1, 0.15) is 32.2 Å². The molecule has 1 heterocycles. The maximum Gasteiger partial charge on any atom is 0.207 e. The van der Waals surface area contributed by atoms with Crippen molar-refractivity contribution in [2.75, 3.05) is 25.1 Å². The van der Waals surface area contributed by atoms with E-state index in [-0.39, 0.29) is 5.02 Å². The zero-order valence-electron chi connectivity index (χ0n) is 18.2. The van der Waals surface area contributed by atoms with Gasteiger partial charge in [0.15, 0.2) is 17.3 Å². The van der Waals surface area contributed by atoms with Gasteiger partial charge in [0.2, 0.25) is 5.13 Å². The van der Waals surface area contributed by atoms with Gasteiger partial charge in [0.1, 0.15) is 5.82 Å². The molecule has 0 bridgehead atoms. The van der Waals surface area contributed by atoms with Crippen molar-refractivity contribution in [3.63, 3.8) is 0 Å². The number of aromatic nitrogens is 2. The van der Waals surface area contributed by atoms with Gasteiger partial charge in [-0.3, -0.25) is 0 Å². The third kappa shape index (κ3) is 6.83. The Kier molecular flexibility index (Phi) is 8.70. The molecule has 9 heteroatoms. The Hall–Kier alpha value is -2.84. The van der Waals surface area contributed by atoms with Gasteiger partial charge in [-0.05, 0) is 63.1 Å². The van der Waals surface area contributed by atoms with Gasteiger partial charge in [0.25, 0.3) is 0 Å². The molecule has 2 aromatic carbocycles. The molecule has 1 aromatic heterocycles. The summed E-state index contributed by atoms with van der Waals surface area (Å²) in [7, 11) is 0. The molecule has 0 spiro atoms. The summed E-state index contributed by atoms with van der Waals surface area (Å²) < 4.78 is 28.9. The van der Waals surface area contributed by atoms with Gasteiger partial charge in [-0.15, -0.1) is 0 Å². The van der Waals surface area contributed by atoms with E-state index in [1.54, 1.807) is 6.07 Å². The molecule has 2 N–H and O–H groups in total. The number of nitrogens with one attached hydrogen (secondary N) is 2. The van der Waals surface area contributed by atoms with Gasteiger partial charge < -0.3 is 20.1 Å². The van der Waals surface area contributed by atoms with Crippen LogP contribution in [0.4, 0.5) is 15.2 Å². The van der Waals surface area contributed by atoms with E-state index in [0.717, 1.165) is 35.7 Å². The Morgan fingerprint density at radius 2 is 1.91 bits per heavy atom. The molecule has 0 saturated carbocycles. The summed E-state index contributed by atoms with van der Waals surface area (Å²) >= 11 is 7.04. The minimum Gasteiger partial charge on any atom is -0.490 e. The van der Waals surface area contributed by atoms with Crippen LogP contribution >= 0.6 is 23.1 Å². The van der Waals surface area contributed by atoms with Crippen LogP contribution in [0, 0.1) is 5.82 Å². The van der Waals surface area contributed by atoms with Gasteiger partial charge in [0, 0.05) is 35.5 Å². The summed E-state index contributed by atoms with van der Waals surface area (Å²) in [6.07, 6.45) is 2.71. The SMILES string of the molecule is CCOc1ccc(CCNC(C)=Cc2nsc(Nc3ccc(F)c(Cl)c3)n2)cc1OCC. The zero-order valence-corrected chi connectivity index (χ0v) is 19.8. The Bertz CT molecular complexity index is 1070. The lowest BCUT2D eigenvalue weighted by Gasteiger charge is -2.13. The number of ether oxygens (including phenoxy) is 2. The Labute approximate surface area is 196 Å². The largest absolute Gasteiger partial charge is 0.490 e. The van der Waals surface area contributed by atoms with E-state index >= 15 is 0 Å². The van der Waals surface area contributed by atoms with Gasteiger partial charge in [0.05, 0.1) is 18.2 Å². The fourth-order valence-corrected chi connectivity index (χ4v) is 3.69. The van der Waals surface area contributed by atoms with Crippen molar-refractivity contribution in [2.24, 2.45) is 0 Å². The quantitative estimate of drug-likeness (QED) is 0.350. The molecule has 3 aromatic rings. The molecule has 0 radical (unpaired) electrons. The van der Waals surface area contributed by atoms with Crippen molar-refractivity contribution in [3.05, 3.63) is 64.3 Å². The summed E-state index contributed by atoms with van der Waals surface area (Å²) in [5.41, 5.74) is 2.77. The van der Waals surface area contributed by atoms with E-state index in [1.165, 1.54) is 23.7 Å². The molecule has 0 fully saturated rings. The number of hydrogen-bond acceptors (Lipinski definition) is 7. The van der Waals surface area contributed by atoms with Crippen LogP contribution < -0.4 is 20.1 Å². The molecule has 0 aliphatic rings. The number of halogens is 2. The molecule has 0 unspecified atom stereocenters. The molecule has 0 saturated heterocycles. The number of anilines is 2. The topological polar surface area (TPSA) is 68.3 Å². The third-order valence-corrected chi connectivity index (χ3v) is 5.32. The Morgan fingerprint density at radius 1 is 1.12 bits per heavy atom. The van der Waals surface area contributed by atoms with E-state index in [1.807, 2.05) is 39.0 Å². The highest BCUT2D eigenvalue weighted by Gasteiger charge is 2.07. The number of nitrogens with zero attached hydrogens (tertiary/aromatic N) is 2. The first-order valence-corrected chi connectivity index (χ1v) is 11.5. The van der Waals surface area contributed by atoms with Crippen LogP contribution in [0.15, 0.2) is 42.1 Å². The van der Waals surface area contributed by atoms with Crippen LogP contribution in [0.3, 0.4) is 0 Å². The summed E-state index contributed by atoms with van der Waals surface area (Å²) in [6.45, 7) is 7.83. The number of hydrogen-bond donors (Lipinski definition) is 2.